The monoisotopic (exact) mass is 428 g/mol. The number of aromatic nitrogens is 2. The molecule has 0 amide bonds. The zero-order valence-electron chi connectivity index (χ0n) is 16.7. The Hall–Kier alpha value is -2.37. The van der Waals surface area contributed by atoms with Crippen molar-refractivity contribution in [1.29, 1.82) is 0 Å². The quantitative estimate of drug-likeness (QED) is 0.424. The van der Waals surface area contributed by atoms with E-state index in [4.69, 9.17) is 11.6 Å². The Balaban J connectivity index is 1.99. The van der Waals surface area contributed by atoms with E-state index in [1.807, 2.05) is 42.6 Å². The molecule has 0 aliphatic carbocycles. The Morgan fingerprint density at radius 2 is 2.10 bits per heavy atom. The predicted octanol–water partition coefficient (Wildman–Crippen LogP) is 6.01. The van der Waals surface area contributed by atoms with Crippen molar-refractivity contribution in [3.8, 4) is 0 Å². The van der Waals surface area contributed by atoms with E-state index in [2.05, 4.69) is 16.5 Å². The molecule has 0 bridgehead atoms. The van der Waals surface area contributed by atoms with Crippen LogP contribution in [-0.2, 0) is 24.2 Å². The Morgan fingerprint density at radius 3 is 2.76 bits per heavy atom. The van der Waals surface area contributed by atoms with E-state index >= 15 is 0 Å². The average Bonchev–Trinajstić information content (AvgIpc) is 3.27. The minimum Gasteiger partial charge on any atom is -0.478 e. The minimum absolute atomic E-state index is 0.359. The van der Waals surface area contributed by atoms with Crippen LogP contribution >= 0.6 is 22.9 Å². The fraction of sp³-hybridized carbons (Fsp3) is 0.304. The molecule has 1 N–H and O–H groups in total. The molecule has 29 heavy (non-hydrogen) atoms. The lowest BCUT2D eigenvalue weighted by molar-refractivity contribution is -0.132. The van der Waals surface area contributed by atoms with E-state index < -0.39 is 5.97 Å². The number of benzene rings is 1. The summed E-state index contributed by atoms with van der Waals surface area (Å²) in [5.41, 5.74) is 3.27. The van der Waals surface area contributed by atoms with Crippen LogP contribution in [0.3, 0.4) is 0 Å². The molecule has 1 aromatic carbocycles. The van der Waals surface area contributed by atoms with E-state index in [1.165, 1.54) is 0 Å². The average molecular weight is 429 g/mol. The highest BCUT2D eigenvalue weighted by molar-refractivity contribution is 7.10. The number of nitrogens with zero attached hydrogens (tertiary/aromatic N) is 2. The van der Waals surface area contributed by atoms with Crippen LogP contribution in [0.2, 0.25) is 5.02 Å². The molecular formula is C23H25ClN2O2S. The number of unbranched alkanes of at least 4 members (excludes halogenated alkanes) is 1. The van der Waals surface area contributed by atoms with Crippen molar-refractivity contribution < 1.29 is 9.90 Å². The fourth-order valence-electron chi connectivity index (χ4n) is 3.18. The lowest BCUT2D eigenvalue weighted by Gasteiger charge is -2.12. The van der Waals surface area contributed by atoms with Crippen molar-refractivity contribution in [1.82, 2.24) is 9.55 Å². The van der Waals surface area contributed by atoms with Crippen LogP contribution in [0, 0.1) is 6.92 Å². The van der Waals surface area contributed by atoms with Gasteiger partial charge < -0.3 is 9.67 Å². The SMILES string of the molecule is CCCCc1ncc(/C=C(\Cc2sccc2C)C(=O)O)n1Cc1ccccc1Cl. The lowest BCUT2D eigenvalue weighted by atomic mass is 10.1. The summed E-state index contributed by atoms with van der Waals surface area (Å²) in [6, 6.07) is 9.75. The second-order valence-corrected chi connectivity index (χ2v) is 8.47. The van der Waals surface area contributed by atoms with Gasteiger partial charge >= 0.3 is 5.97 Å². The van der Waals surface area contributed by atoms with Gasteiger partial charge in [0, 0.05) is 28.3 Å². The van der Waals surface area contributed by atoms with Gasteiger partial charge in [-0.15, -0.1) is 11.3 Å². The first kappa shape index (κ1) is 21.3. The van der Waals surface area contributed by atoms with Gasteiger partial charge in [-0.25, -0.2) is 9.78 Å². The van der Waals surface area contributed by atoms with E-state index in [0.717, 1.165) is 46.8 Å². The van der Waals surface area contributed by atoms with E-state index in [9.17, 15) is 9.90 Å². The van der Waals surface area contributed by atoms with Crippen molar-refractivity contribution >= 4 is 35.0 Å². The van der Waals surface area contributed by atoms with Crippen LogP contribution in [-0.4, -0.2) is 20.6 Å². The molecule has 0 saturated heterocycles. The van der Waals surface area contributed by atoms with Gasteiger partial charge in [-0.1, -0.05) is 43.1 Å². The molecule has 3 rings (SSSR count). The summed E-state index contributed by atoms with van der Waals surface area (Å²) in [5, 5.41) is 12.5. The molecule has 0 atom stereocenters. The molecule has 0 saturated carbocycles. The van der Waals surface area contributed by atoms with Gasteiger partial charge in [0.2, 0.25) is 0 Å². The predicted molar refractivity (Wildman–Crippen MR) is 120 cm³/mol. The Labute approximate surface area is 180 Å². The molecule has 0 aliphatic rings. The van der Waals surface area contributed by atoms with Crippen molar-refractivity contribution in [3.63, 3.8) is 0 Å². The number of rotatable bonds is 9. The first-order valence-corrected chi connectivity index (χ1v) is 11.0. The summed E-state index contributed by atoms with van der Waals surface area (Å²) in [6.45, 7) is 4.72. The number of aryl methyl sites for hydroxylation is 2. The summed E-state index contributed by atoms with van der Waals surface area (Å²) >= 11 is 7.96. The summed E-state index contributed by atoms with van der Waals surface area (Å²) < 4.78 is 2.08. The number of carbonyl (C=O) groups is 1. The molecule has 3 aromatic rings. The van der Waals surface area contributed by atoms with E-state index in [-0.39, 0.29) is 0 Å². The Morgan fingerprint density at radius 1 is 1.31 bits per heavy atom. The molecule has 2 heterocycles. The summed E-state index contributed by atoms with van der Waals surface area (Å²) in [7, 11) is 0. The highest BCUT2D eigenvalue weighted by Gasteiger charge is 2.15. The number of hydrogen-bond acceptors (Lipinski definition) is 3. The lowest BCUT2D eigenvalue weighted by Crippen LogP contribution is -2.09. The zero-order valence-corrected chi connectivity index (χ0v) is 18.3. The maximum atomic E-state index is 11.9. The number of hydrogen-bond donors (Lipinski definition) is 1. The maximum Gasteiger partial charge on any atom is 0.332 e. The maximum absolute atomic E-state index is 11.9. The van der Waals surface area contributed by atoms with Gasteiger partial charge in [-0.05, 0) is 48.1 Å². The largest absolute Gasteiger partial charge is 0.478 e. The molecule has 2 aromatic heterocycles. The molecule has 0 radical (unpaired) electrons. The van der Waals surface area contributed by atoms with Crippen LogP contribution in [0.15, 0.2) is 47.5 Å². The van der Waals surface area contributed by atoms with E-state index in [0.29, 0.717) is 23.6 Å². The molecule has 0 spiro atoms. The van der Waals surface area contributed by atoms with Crippen LogP contribution < -0.4 is 0 Å². The topological polar surface area (TPSA) is 55.1 Å². The molecule has 0 fully saturated rings. The molecule has 6 heteroatoms. The summed E-state index contributed by atoms with van der Waals surface area (Å²) in [4.78, 5) is 17.6. The third-order valence-corrected chi connectivity index (χ3v) is 6.32. The Kier molecular flexibility index (Phi) is 7.29. The van der Waals surface area contributed by atoms with Crippen LogP contribution in [0.4, 0.5) is 0 Å². The minimum atomic E-state index is -0.904. The fourth-order valence-corrected chi connectivity index (χ4v) is 4.31. The van der Waals surface area contributed by atoms with Gasteiger partial charge in [0.05, 0.1) is 18.4 Å². The van der Waals surface area contributed by atoms with Gasteiger partial charge in [-0.2, -0.15) is 0 Å². The van der Waals surface area contributed by atoms with Gasteiger partial charge in [-0.3, -0.25) is 0 Å². The van der Waals surface area contributed by atoms with Crippen molar-refractivity contribution in [2.45, 2.75) is 46.1 Å². The normalized spacial score (nSPS) is 11.8. The molecule has 0 aliphatic heterocycles. The number of aliphatic carboxylic acids is 1. The number of carboxylic acids is 1. The number of imidazole rings is 1. The molecule has 4 nitrogen and oxygen atoms in total. The highest BCUT2D eigenvalue weighted by Crippen LogP contribution is 2.23. The molecule has 152 valence electrons. The van der Waals surface area contributed by atoms with Crippen molar-refractivity contribution in [2.75, 3.05) is 0 Å². The van der Waals surface area contributed by atoms with E-state index in [1.54, 1.807) is 23.6 Å². The van der Waals surface area contributed by atoms with Crippen molar-refractivity contribution in [2.24, 2.45) is 0 Å². The molecule has 0 unspecified atom stereocenters. The van der Waals surface area contributed by atoms with Gasteiger partial charge in [0.15, 0.2) is 0 Å². The standard InChI is InChI=1S/C23H25ClN2O2S/c1-3-4-9-22-25-14-19(26(22)15-17-7-5-6-8-20(17)24)12-18(23(27)28)13-21-16(2)10-11-29-21/h5-8,10-12,14H,3-4,9,13,15H2,1-2H3,(H,27,28)/b18-12+. The second-order valence-electron chi connectivity index (χ2n) is 7.06. The first-order valence-electron chi connectivity index (χ1n) is 9.74. The third kappa shape index (κ3) is 5.37. The smallest absolute Gasteiger partial charge is 0.332 e. The van der Waals surface area contributed by atoms with Gasteiger partial charge in [0.1, 0.15) is 5.82 Å². The first-order chi connectivity index (χ1) is 14.0. The van der Waals surface area contributed by atoms with Crippen LogP contribution in [0.1, 0.15) is 47.3 Å². The number of halogens is 1. The second kappa shape index (κ2) is 9.90. The van der Waals surface area contributed by atoms with Crippen molar-refractivity contribution in [3.05, 3.63) is 80.0 Å². The number of thiophene rings is 1. The Bertz CT molecular complexity index is 1020. The summed E-state index contributed by atoms with van der Waals surface area (Å²) in [5.74, 6) is 0.0495. The van der Waals surface area contributed by atoms with Crippen LogP contribution in [0.5, 0.6) is 0 Å². The van der Waals surface area contributed by atoms with Gasteiger partial charge in [0.25, 0.3) is 0 Å². The number of carboxylic acid groups (broad SMARTS) is 1. The summed E-state index contributed by atoms with van der Waals surface area (Å²) in [6.07, 6.45) is 6.87. The molecular weight excluding hydrogens is 404 g/mol. The zero-order chi connectivity index (χ0) is 20.8. The highest BCUT2D eigenvalue weighted by atomic mass is 35.5. The third-order valence-electron chi connectivity index (χ3n) is 4.93. The van der Waals surface area contributed by atoms with Crippen LogP contribution in [0.25, 0.3) is 6.08 Å².